The van der Waals surface area contributed by atoms with Gasteiger partial charge in [-0.15, -0.1) is 0 Å². The molecule has 0 radical (unpaired) electrons. The molecule has 8 nitrogen and oxygen atoms in total. The number of benzene rings is 3. The third kappa shape index (κ3) is 7.59. The van der Waals surface area contributed by atoms with Crippen LogP contribution >= 0.6 is 0 Å². The number of carbonyl (C=O) groups is 2. The molecule has 49 heavy (non-hydrogen) atoms. The van der Waals surface area contributed by atoms with Crippen molar-refractivity contribution in [2.75, 3.05) is 35.2 Å². The minimum atomic E-state index is -0.299. The molecule has 8 heteroatoms. The first-order chi connectivity index (χ1) is 23.6. The summed E-state index contributed by atoms with van der Waals surface area (Å²) in [5.41, 5.74) is 6.86. The molecule has 3 saturated heterocycles. The van der Waals surface area contributed by atoms with E-state index in [0.29, 0.717) is 30.4 Å². The van der Waals surface area contributed by atoms with Crippen LogP contribution in [0.25, 0.3) is 5.69 Å². The van der Waals surface area contributed by atoms with E-state index >= 15 is 0 Å². The molecule has 256 valence electrons. The maximum absolute atomic E-state index is 13.3. The van der Waals surface area contributed by atoms with Gasteiger partial charge in [0.25, 0.3) is 0 Å². The monoisotopic (exact) mass is 658 g/mol. The van der Waals surface area contributed by atoms with Gasteiger partial charge in [-0.1, -0.05) is 50.6 Å². The number of aromatic nitrogens is 2. The molecular formula is C41H50N6O2. The first kappa shape index (κ1) is 33.1. The molecule has 7 rings (SSSR count). The highest BCUT2D eigenvalue weighted by atomic mass is 16.2. The van der Waals surface area contributed by atoms with Gasteiger partial charge in [-0.25, -0.2) is 9.48 Å². The minimum absolute atomic E-state index is 0.165. The second-order valence-corrected chi connectivity index (χ2v) is 15.5. The Hall–Kier alpha value is -4.43. The van der Waals surface area contributed by atoms with Gasteiger partial charge in [-0.3, -0.25) is 15.0 Å². The lowest BCUT2D eigenvalue weighted by Crippen LogP contribution is -2.45. The van der Waals surface area contributed by atoms with Crippen LogP contribution in [0.3, 0.4) is 0 Å². The molecule has 4 aromatic rings. The van der Waals surface area contributed by atoms with Crippen molar-refractivity contribution in [3.05, 3.63) is 101 Å². The van der Waals surface area contributed by atoms with Crippen LogP contribution in [0, 0.1) is 12.8 Å². The predicted octanol–water partition coefficient (Wildman–Crippen LogP) is 8.39. The molecule has 3 aliphatic heterocycles. The first-order valence-corrected chi connectivity index (χ1v) is 18.1. The molecule has 2 unspecified atom stereocenters. The summed E-state index contributed by atoms with van der Waals surface area (Å²) in [7, 11) is 0. The van der Waals surface area contributed by atoms with Crippen LogP contribution in [0.2, 0.25) is 0 Å². The summed E-state index contributed by atoms with van der Waals surface area (Å²) in [5, 5.41) is 10.9. The highest BCUT2D eigenvalue weighted by molar-refractivity contribution is 5.99. The Balaban J connectivity index is 0.952. The van der Waals surface area contributed by atoms with Crippen molar-refractivity contribution in [1.29, 1.82) is 0 Å². The topological polar surface area (TPSA) is 82.5 Å². The van der Waals surface area contributed by atoms with E-state index in [2.05, 4.69) is 72.4 Å². The van der Waals surface area contributed by atoms with Gasteiger partial charge < -0.3 is 10.2 Å². The van der Waals surface area contributed by atoms with Gasteiger partial charge in [-0.05, 0) is 112 Å². The normalized spacial score (nSPS) is 20.8. The van der Waals surface area contributed by atoms with Gasteiger partial charge in [0.05, 0.1) is 17.9 Å². The number of nitrogens with zero attached hydrogens (tertiary/aromatic N) is 4. The Morgan fingerprint density at radius 1 is 0.837 bits per heavy atom. The van der Waals surface area contributed by atoms with Crippen molar-refractivity contribution in [3.63, 3.8) is 0 Å². The highest BCUT2D eigenvalue weighted by Crippen LogP contribution is 2.40. The van der Waals surface area contributed by atoms with Crippen LogP contribution in [0.5, 0.6) is 0 Å². The quantitative estimate of drug-likeness (QED) is 0.177. The molecule has 3 aliphatic rings. The highest BCUT2D eigenvalue weighted by Gasteiger charge is 2.41. The van der Waals surface area contributed by atoms with Crippen molar-refractivity contribution in [1.82, 2.24) is 14.7 Å². The van der Waals surface area contributed by atoms with Gasteiger partial charge in [0.1, 0.15) is 5.82 Å². The van der Waals surface area contributed by atoms with E-state index in [-0.39, 0.29) is 17.2 Å². The van der Waals surface area contributed by atoms with Crippen molar-refractivity contribution in [2.24, 2.45) is 5.92 Å². The zero-order valence-electron chi connectivity index (χ0n) is 29.4. The average Bonchev–Trinajstić information content (AvgIpc) is 3.81. The predicted molar refractivity (Wildman–Crippen MR) is 198 cm³/mol. The molecule has 2 N–H and O–H groups in total. The Morgan fingerprint density at radius 3 is 2.18 bits per heavy atom. The lowest BCUT2D eigenvalue weighted by Gasteiger charge is -2.38. The van der Waals surface area contributed by atoms with Gasteiger partial charge in [0.15, 0.2) is 5.78 Å². The molecule has 3 aromatic carbocycles. The number of amides is 2. The summed E-state index contributed by atoms with van der Waals surface area (Å²) < 4.78 is 1.80. The lowest BCUT2D eigenvalue weighted by molar-refractivity contribution is 0.0744. The average molecular weight is 659 g/mol. The van der Waals surface area contributed by atoms with Crippen LogP contribution in [0.1, 0.15) is 86.5 Å². The van der Waals surface area contributed by atoms with E-state index in [0.717, 1.165) is 55.0 Å². The molecule has 2 bridgehead atoms. The molecule has 0 saturated carbocycles. The summed E-state index contributed by atoms with van der Waals surface area (Å²) in [6.45, 7) is 11.2. The largest absolute Gasteiger partial charge is 0.372 e. The van der Waals surface area contributed by atoms with Gasteiger partial charge >= 0.3 is 6.03 Å². The number of urea groups is 1. The van der Waals surface area contributed by atoms with Gasteiger partial charge in [0.2, 0.25) is 0 Å². The minimum Gasteiger partial charge on any atom is -0.372 e. The molecule has 1 aromatic heterocycles. The van der Waals surface area contributed by atoms with Crippen molar-refractivity contribution >= 4 is 29.0 Å². The number of ketones is 1. The van der Waals surface area contributed by atoms with Crippen LogP contribution in [-0.2, 0) is 11.8 Å². The standard InChI is InChI=1S/C41H50N6O2/c1-28-10-14-34(15-11-28)47-39(26-38(44-47)41(2,3)4)43-40(49)42-32-9-7-8-29(23-32)22-30-24-35-18-19-36(25-30)46(35)27-37(48)31-12-16-33(17-13-31)45-20-5-6-21-45/h7-17,23,26,30,35-36H,5-6,18-22,24-25,27H2,1-4H3,(H2,42,43,49). The van der Waals surface area contributed by atoms with Crippen LogP contribution in [-0.4, -0.2) is 58.2 Å². The number of hydrogen-bond donors (Lipinski definition) is 2. The zero-order chi connectivity index (χ0) is 34.1. The summed E-state index contributed by atoms with van der Waals surface area (Å²) in [6.07, 6.45) is 8.02. The SMILES string of the molecule is Cc1ccc(-n2nc(C(C)(C)C)cc2NC(=O)Nc2cccc(CC3CC4CCC(C3)N4CC(=O)c3ccc(N4CCCC4)cc3)c2)cc1. The third-order valence-corrected chi connectivity index (χ3v) is 10.7. The maximum Gasteiger partial charge on any atom is 0.324 e. The van der Waals surface area contributed by atoms with E-state index in [4.69, 9.17) is 5.10 Å². The number of hydrogen-bond acceptors (Lipinski definition) is 5. The van der Waals surface area contributed by atoms with Crippen LogP contribution in [0.4, 0.5) is 22.0 Å². The number of rotatable bonds is 9. The number of piperidine rings is 1. The second-order valence-electron chi connectivity index (χ2n) is 15.5. The van der Waals surface area contributed by atoms with Crippen LogP contribution < -0.4 is 15.5 Å². The first-order valence-electron chi connectivity index (χ1n) is 18.1. The van der Waals surface area contributed by atoms with Crippen molar-refractivity contribution in [2.45, 2.75) is 90.1 Å². The van der Waals surface area contributed by atoms with Gasteiger partial charge in [-0.2, -0.15) is 5.10 Å². The molecule has 2 amide bonds. The summed E-state index contributed by atoms with van der Waals surface area (Å²) in [5.74, 6) is 1.42. The smallest absolute Gasteiger partial charge is 0.324 e. The van der Waals surface area contributed by atoms with E-state index in [1.54, 1.807) is 4.68 Å². The van der Waals surface area contributed by atoms with E-state index in [1.807, 2.05) is 54.6 Å². The Labute approximate surface area is 290 Å². The number of fused-ring (bicyclic) bond motifs is 2. The van der Waals surface area contributed by atoms with E-state index < -0.39 is 0 Å². The number of anilines is 3. The fraction of sp³-hybridized carbons (Fsp3) is 0.439. The molecule has 0 spiro atoms. The van der Waals surface area contributed by atoms with E-state index in [1.165, 1.54) is 42.5 Å². The number of Topliss-reactive ketones (excluding diaryl/α,β-unsaturated/α-hetero) is 1. The van der Waals surface area contributed by atoms with Crippen molar-refractivity contribution < 1.29 is 9.59 Å². The molecule has 4 heterocycles. The van der Waals surface area contributed by atoms with E-state index in [9.17, 15) is 9.59 Å². The Morgan fingerprint density at radius 2 is 1.51 bits per heavy atom. The number of nitrogens with one attached hydrogen (secondary N) is 2. The summed E-state index contributed by atoms with van der Waals surface area (Å²) in [4.78, 5) is 31.5. The number of carbonyl (C=O) groups excluding carboxylic acids is 2. The van der Waals surface area contributed by atoms with Crippen LogP contribution in [0.15, 0.2) is 78.9 Å². The molecule has 3 fully saturated rings. The van der Waals surface area contributed by atoms with Gasteiger partial charge in [0, 0.05) is 53.6 Å². The maximum atomic E-state index is 13.3. The number of aryl methyl sites for hydroxylation is 1. The molecular weight excluding hydrogens is 608 g/mol. The molecule has 2 atom stereocenters. The fourth-order valence-electron chi connectivity index (χ4n) is 8.01. The fourth-order valence-corrected chi connectivity index (χ4v) is 8.01. The zero-order valence-corrected chi connectivity index (χ0v) is 29.4. The van der Waals surface area contributed by atoms with Crippen molar-refractivity contribution in [3.8, 4) is 5.69 Å². The lowest BCUT2D eigenvalue weighted by atomic mass is 9.85. The summed E-state index contributed by atoms with van der Waals surface area (Å²) in [6, 6.07) is 27.2. The second kappa shape index (κ2) is 13.8. The third-order valence-electron chi connectivity index (χ3n) is 10.7. The Bertz CT molecular complexity index is 1770. The Kier molecular flexibility index (Phi) is 9.34. The summed E-state index contributed by atoms with van der Waals surface area (Å²) >= 11 is 0. The molecule has 0 aliphatic carbocycles.